The van der Waals surface area contributed by atoms with Crippen molar-refractivity contribution < 1.29 is 48.0 Å². The molecule has 270 valence electrons. The van der Waals surface area contributed by atoms with Gasteiger partial charge in [-0.2, -0.15) is 0 Å². The number of aliphatic hydroxyl groups is 1. The number of Topliss-reactive ketones (excluding diaryl/α,β-unsaturated/α-hetero) is 1. The number of ketones is 2. The minimum atomic E-state index is -1.62. The molecule has 11 nitrogen and oxygen atoms in total. The molecule has 0 bridgehead atoms. The van der Waals surface area contributed by atoms with Crippen molar-refractivity contribution in [3.63, 3.8) is 0 Å². The molecule has 1 aliphatic heterocycles. The number of aryl methyl sites for hydroxylation is 1. The molecule has 0 aliphatic carbocycles. The lowest BCUT2D eigenvalue weighted by atomic mass is 9.92. The number of rotatable bonds is 18. The van der Waals surface area contributed by atoms with Gasteiger partial charge in [-0.25, -0.2) is 9.69 Å². The maximum atomic E-state index is 13.9. The van der Waals surface area contributed by atoms with E-state index in [1.54, 1.807) is 49.4 Å². The van der Waals surface area contributed by atoms with Crippen LogP contribution in [-0.4, -0.2) is 77.6 Å². The van der Waals surface area contributed by atoms with E-state index in [0.717, 1.165) is 29.0 Å². The number of aliphatic hydroxyl groups excluding tert-OH is 1. The Morgan fingerprint density at radius 1 is 0.980 bits per heavy atom. The first-order chi connectivity index (χ1) is 24.5. The van der Waals surface area contributed by atoms with Crippen LogP contribution in [0.2, 0.25) is 0 Å². The molecule has 2 amide bonds. The first kappa shape index (κ1) is 38.8. The summed E-state index contributed by atoms with van der Waals surface area (Å²) in [5.74, 6) is -4.00. The van der Waals surface area contributed by atoms with E-state index in [0.29, 0.717) is 24.2 Å². The second-order valence-electron chi connectivity index (χ2n) is 12.5. The highest BCUT2D eigenvalue weighted by Crippen LogP contribution is 2.34. The van der Waals surface area contributed by atoms with Crippen molar-refractivity contribution in [2.75, 3.05) is 19.8 Å². The number of imide groups is 1. The molecule has 0 aromatic heterocycles. The standard InChI is InChI=1S/C40H45NO10/c1-26-13-11-18-32(21-26)34(35(44)19-12-20-48-25-33(23-42)49-24-30-14-7-5-8-15-30)22-36(45)37(50-29(4)43)27(2)39(46)41-28(3)38(51-40(41)47)31-16-9-6-10-17-31/h5-11,13-18,21-22,27-28,33,37-38,42H,12,19-20,23-25H2,1-4H3/t27-,28-,33-,37-,38-/m1/s1. The van der Waals surface area contributed by atoms with Crippen molar-refractivity contribution in [1.82, 2.24) is 4.90 Å². The first-order valence-electron chi connectivity index (χ1n) is 17.0. The number of carbonyl (C=O) groups excluding carboxylic acids is 5. The highest BCUT2D eigenvalue weighted by molar-refractivity contribution is 6.25. The Morgan fingerprint density at radius 3 is 2.31 bits per heavy atom. The van der Waals surface area contributed by atoms with Crippen LogP contribution in [0, 0.1) is 12.8 Å². The average molecular weight is 700 g/mol. The second kappa shape index (κ2) is 18.9. The van der Waals surface area contributed by atoms with Gasteiger partial charge in [-0.05, 0) is 50.0 Å². The van der Waals surface area contributed by atoms with Gasteiger partial charge >= 0.3 is 12.1 Å². The third-order valence-electron chi connectivity index (χ3n) is 8.50. The number of nitrogens with zero attached hydrogens (tertiary/aromatic N) is 1. The maximum Gasteiger partial charge on any atom is 0.417 e. The van der Waals surface area contributed by atoms with Crippen molar-refractivity contribution in [3.05, 3.63) is 113 Å². The largest absolute Gasteiger partial charge is 0.453 e. The van der Waals surface area contributed by atoms with Crippen LogP contribution in [0.25, 0.3) is 5.57 Å². The first-order valence-corrected chi connectivity index (χ1v) is 17.0. The highest BCUT2D eigenvalue weighted by atomic mass is 16.6. The van der Waals surface area contributed by atoms with Crippen LogP contribution in [0.3, 0.4) is 0 Å². The number of benzene rings is 3. The second-order valence-corrected chi connectivity index (χ2v) is 12.5. The Hall–Kier alpha value is -4.97. The molecule has 51 heavy (non-hydrogen) atoms. The fourth-order valence-corrected chi connectivity index (χ4v) is 5.77. The van der Waals surface area contributed by atoms with Gasteiger partial charge in [0, 0.05) is 25.5 Å². The lowest BCUT2D eigenvalue weighted by molar-refractivity contribution is -0.158. The molecule has 1 saturated heterocycles. The molecule has 0 unspecified atom stereocenters. The minimum Gasteiger partial charge on any atom is -0.453 e. The number of hydrogen-bond acceptors (Lipinski definition) is 10. The van der Waals surface area contributed by atoms with Crippen molar-refractivity contribution in [3.8, 4) is 0 Å². The molecule has 0 spiro atoms. The van der Waals surface area contributed by atoms with E-state index in [1.807, 2.05) is 49.4 Å². The van der Waals surface area contributed by atoms with Gasteiger partial charge in [-0.1, -0.05) is 90.5 Å². The summed E-state index contributed by atoms with van der Waals surface area (Å²) in [7, 11) is 0. The lowest BCUT2D eigenvalue weighted by Crippen LogP contribution is -2.47. The molecule has 4 rings (SSSR count). The molecule has 5 atom stereocenters. The summed E-state index contributed by atoms with van der Waals surface area (Å²) in [5.41, 5.74) is 3.08. The summed E-state index contributed by atoms with van der Waals surface area (Å²) in [6.07, 6.45) is -2.31. The van der Waals surface area contributed by atoms with Gasteiger partial charge in [0.25, 0.3) is 0 Å². The Morgan fingerprint density at radius 2 is 1.67 bits per heavy atom. The number of ether oxygens (including phenoxy) is 4. The molecule has 1 N–H and O–H groups in total. The van der Waals surface area contributed by atoms with Gasteiger partial charge < -0.3 is 24.1 Å². The molecular weight excluding hydrogens is 654 g/mol. The summed E-state index contributed by atoms with van der Waals surface area (Å²) >= 11 is 0. The topological polar surface area (TPSA) is 146 Å². The molecule has 0 saturated carbocycles. The van der Waals surface area contributed by atoms with Gasteiger partial charge in [0.1, 0.15) is 12.2 Å². The van der Waals surface area contributed by atoms with E-state index < -0.39 is 54.0 Å². The summed E-state index contributed by atoms with van der Waals surface area (Å²) in [6.45, 7) is 6.43. The van der Waals surface area contributed by atoms with Crippen molar-refractivity contribution in [2.45, 2.75) is 71.5 Å². The van der Waals surface area contributed by atoms with Gasteiger partial charge in [0.05, 0.1) is 31.8 Å². The molecule has 11 heteroatoms. The monoisotopic (exact) mass is 699 g/mol. The van der Waals surface area contributed by atoms with Gasteiger partial charge in [-0.15, -0.1) is 0 Å². The molecule has 0 radical (unpaired) electrons. The Bertz CT molecular complexity index is 1690. The third-order valence-corrected chi connectivity index (χ3v) is 8.50. The normalized spacial score (nSPS) is 17.7. The molecule has 3 aromatic carbocycles. The van der Waals surface area contributed by atoms with Crippen LogP contribution < -0.4 is 0 Å². The number of amides is 2. The van der Waals surface area contributed by atoms with Crippen LogP contribution in [0.5, 0.6) is 0 Å². The molecule has 1 aliphatic rings. The van der Waals surface area contributed by atoms with Gasteiger partial charge in [-0.3, -0.25) is 19.2 Å². The summed E-state index contributed by atoms with van der Waals surface area (Å²) < 4.78 is 22.3. The van der Waals surface area contributed by atoms with E-state index in [4.69, 9.17) is 18.9 Å². The summed E-state index contributed by atoms with van der Waals surface area (Å²) in [5, 5.41) is 9.70. The predicted octanol–water partition coefficient (Wildman–Crippen LogP) is 5.57. The van der Waals surface area contributed by atoms with Gasteiger partial charge in [0.2, 0.25) is 5.91 Å². The molecule has 1 fully saturated rings. The number of allylic oxidation sites excluding steroid dienone is 1. The Kier molecular flexibility index (Phi) is 14.4. The van der Waals surface area contributed by atoms with E-state index in [9.17, 15) is 29.1 Å². The molecular formula is C40H45NO10. The number of carbonyl (C=O) groups is 5. The Labute approximate surface area is 298 Å². The smallest absolute Gasteiger partial charge is 0.417 e. The average Bonchev–Trinajstić information content (AvgIpc) is 3.43. The highest BCUT2D eigenvalue weighted by Gasteiger charge is 2.47. The van der Waals surface area contributed by atoms with Gasteiger partial charge in [0.15, 0.2) is 17.7 Å². The fraction of sp³-hybridized carbons (Fsp3) is 0.375. The number of cyclic esters (lactones) is 1. The lowest BCUT2D eigenvalue weighted by Gasteiger charge is -2.26. The van der Waals surface area contributed by atoms with Crippen molar-refractivity contribution >= 4 is 35.1 Å². The molecule has 3 aromatic rings. The number of hydrogen-bond donors (Lipinski definition) is 1. The van der Waals surface area contributed by atoms with Crippen LogP contribution in [0.15, 0.2) is 91.0 Å². The Balaban J connectivity index is 1.45. The minimum absolute atomic E-state index is 0.0203. The van der Waals surface area contributed by atoms with E-state index in [1.165, 1.54) is 6.92 Å². The van der Waals surface area contributed by atoms with Crippen LogP contribution in [0.1, 0.15) is 62.0 Å². The van der Waals surface area contributed by atoms with Crippen molar-refractivity contribution in [1.29, 1.82) is 0 Å². The summed E-state index contributed by atoms with van der Waals surface area (Å²) in [6, 6.07) is 24.9. The van der Waals surface area contributed by atoms with Crippen LogP contribution in [0.4, 0.5) is 4.79 Å². The van der Waals surface area contributed by atoms with E-state index >= 15 is 0 Å². The maximum absolute atomic E-state index is 13.9. The number of esters is 1. The zero-order valence-electron chi connectivity index (χ0n) is 29.4. The SMILES string of the molecule is CC(=O)O[C@@H](C(=O)C=C(C(=O)CCCOC[C@@H](CO)OCc1ccccc1)c1cccc(C)c1)[C@@H](C)C(=O)N1C(=O)O[C@@H](c2ccccc2)[C@H]1C. The van der Waals surface area contributed by atoms with E-state index in [-0.39, 0.29) is 37.6 Å². The van der Waals surface area contributed by atoms with E-state index in [2.05, 4.69) is 0 Å². The quantitative estimate of drug-likeness (QED) is 0.102. The third kappa shape index (κ3) is 10.8. The fourth-order valence-electron chi connectivity index (χ4n) is 5.77. The zero-order valence-corrected chi connectivity index (χ0v) is 29.4. The zero-order chi connectivity index (χ0) is 36.9. The van der Waals surface area contributed by atoms with Crippen molar-refractivity contribution in [2.24, 2.45) is 5.92 Å². The molecule has 1 heterocycles. The van der Waals surface area contributed by atoms with Crippen LogP contribution >= 0.6 is 0 Å². The predicted molar refractivity (Wildman–Crippen MR) is 188 cm³/mol. The summed E-state index contributed by atoms with van der Waals surface area (Å²) in [4.78, 5) is 67.3. The van der Waals surface area contributed by atoms with Crippen LogP contribution in [-0.2, 0) is 44.7 Å².